The number of aromatic amines is 2. The average molecular weight is 386 g/mol. The van der Waals surface area contributed by atoms with E-state index in [1.54, 1.807) is 6.07 Å². The van der Waals surface area contributed by atoms with Crippen LogP contribution in [0.3, 0.4) is 0 Å². The summed E-state index contributed by atoms with van der Waals surface area (Å²) in [7, 11) is -1.98. The highest BCUT2D eigenvalue weighted by atomic mass is 31.1. The first kappa shape index (κ1) is 16.7. The van der Waals surface area contributed by atoms with Gasteiger partial charge in [-0.25, -0.2) is 0 Å². The SMILES string of the molecule is Cc1ccccc1[P+](=O)Oc1ccc2[nH]nc(-c3cc4ccccc4[nH]3)c2c1. The molecule has 28 heavy (non-hydrogen) atoms. The van der Waals surface area contributed by atoms with Crippen LogP contribution in [-0.4, -0.2) is 15.2 Å². The minimum absolute atomic E-state index is 0.552. The van der Waals surface area contributed by atoms with Crippen LogP contribution >= 0.6 is 8.03 Å². The highest BCUT2D eigenvalue weighted by Crippen LogP contribution is 2.34. The van der Waals surface area contributed by atoms with Gasteiger partial charge >= 0.3 is 8.03 Å². The summed E-state index contributed by atoms with van der Waals surface area (Å²) in [5, 5.41) is 10.3. The maximum Gasteiger partial charge on any atom is 0.597 e. The minimum atomic E-state index is -1.98. The number of nitrogens with zero attached hydrogens (tertiary/aromatic N) is 1. The predicted molar refractivity (Wildman–Crippen MR) is 112 cm³/mol. The van der Waals surface area contributed by atoms with Gasteiger partial charge in [0, 0.05) is 21.9 Å². The lowest BCUT2D eigenvalue weighted by molar-refractivity contribution is 0.515. The largest absolute Gasteiger partial charge is 0.597 e. The fraction of sp³-hybridized carbons (Fsp3) is 0.0455. The third kappa shape index (κ3) is 2.86. The number of H-pyrrole nitrogens is 2. The molecular weight excluding hydrogens is 369 g/mol. The van der Waals surface area contributed by atoms with Gasteiger partial charge < -0.3 is 4.98 Å². The summed E-state index contributed by atoms with van der Waals surface area (Å²) >= 11 is 0. The van der Waals surface area contributed by atoms with E-state index in [2.05, 4.69) is 27.3 Å². The van der Waals surface area contributed by atoms with E-state index in [9.17, 15) is 4.57 Å². The summed E-state index contributed by atoms with van der Waals surface area (Å²) < 4.78 is 18.4. The van der Waals surface area contributed by atoms with Crippen LogP contribution in [0.25, 0.3) is 33.2 Å². The van der Waals surface area contributed by atoms with Crippen molar-refractivity contribution in [1.82, 2.24) is 15.2 Å². The first-order valence-electron chi connectivity index (χ1n) is 8.96. The van der Waals surface area contributed by atoms with Crippen molar-refractivity contribution in [2.75, 3.05) is 0 Å². The molecule has 5 aromatic rings. The standard InChI is InChI=1S/C22H17N3O2P/c1-14-6-2-5-9-21(14)28(26)27-16-10-11-19-17(13-16)22(25-24-19)20-12-15-7-3-4-8-18(15)23-20/h2-13,23H,1H3,(H,24,25)/q+1. The molecule has 5 nitrogen and oxygen atoms in total. The van der Waals surface area contributed by atoms with Crippen LogP contribution in [0, 0.1) is 6.92 Å². The van der Waals surface area contributed by atoms with Crippen molar-refractivity contribution >= 4 is 35.1 Å². The van der Waals surface area contributed by atoms with Gasteiger partial charge in [-0.2, -0.15) is 5.10 Å². The van der Waals surface area contributed by atoms with E-state index in [-0.39, 0.29) is 0 Å². The van der Waals surface area contributed by atoms with Gasteiger partial charge in [-0.05, 0) is 47.9 Å². The van der Waals surface area contributed by atoms with Crippen molar-refractivity contribution in [1.29, 1.82) is 0 Å². The summed E-state index contributed by atoms with van der Waals surface area (Å²) in [6.45, 7) is 1.93. The fourth-order valence-electron chi connectivity index (χ4n) is 3.37. The zero-order chi connectivity index (χ0) is 19.1. The molecule has 0 saturated carbocycles. The number of aromatic nitrogens is 3. The Morgan fingerprint density at radius 1 is 0.929 bits per heavy atom. The first-order valence-corrected chi connectivity index (χ1v) is 10.1. The number of benzene rings is 3. The van der Waals surface area contributed by atoms with Gasteiger partial charge in [-0.15, -0.1) is 0 Å². The molecule has 136 valence electrons. The third-order valence-electron chi connectivity index (χ3n) is 4.82. The normalized spacial score (nSPS) is 11.8. The predicted octanol–water partition coefficient (Wildman–Crippen LogP) is 5.47. The van der Waals surface area contributed by atoms with Gasteiger partial charge in [-0.3, -0.25) is 9.62 Å². The second kappa shape index (κ2) is 6.63. The first-order chi connectivity index (χ1) is 13.7. The quantitative estimate of drug-likeness (QED) is 0.403. The topological polar surface area (TPSA) is 70.8 Å². The molecule has 0 aliphatic carbocycles. The second-order valence-electron chi connectivity index (χ2n) is 6.68. The highest BCUT2D eigenvalue weighted by Gasteiger charge is 2.26. The third-order valence-corrected chi connectivity index (χ3v) is 6.09. The molecule has 0 aliphatic heterocycles. The van der Waals surface area contributed by atoms with Crippen LogP contribution in [0.4, 0.5) is 0 Å². The second-order valence-corrected chi connectivity index (χ2v) is 7.86. The Morgan fingerprint density at radius 3 is 2.61 bits per heavy atom. The average Bonchev–Trinajstić information content (AvgIpc) is 3.31. The summed E-state index contributed by atoms with van der Waals surface area (Å²) in [5.74, 6) is 0.552. The van der Waals surface area contributed by atoms with E-state index in [0.29, 0.717) is 11.1 Å². The van der Waals surface area contributed by atoms with Gasteiger partial charge in [0.25, 0.3) is 0 Å². The van der Waals surface area contributed by atoms with E-state index in [1.807, 2.05) is 61.5 Å². The van der Waals surface area contributed by atoms with Crippen LogP contribution < -0.4 is 9.83 Å². The Balaban J connectivity index is 1.53. The van der Waals surface area contributed by atoms with Crippen molar-refractivity contribution in [2.45, 2.75) is 6.92 Å². The molecule has 0 amide bonds. The summed E-state index contributed by atoms with van der Waals surface area (Å²) in [4.78, 5) is 3.40. The van der Waals surface area contributed by atoms with Crippen molar-refractivity contribution in [3.05, 3.63) is 78.4 Å². The lowest BCUT2D eigenvalue weighted by Crippen LogP contribution is -2.03. The van der Waals surface area contributed by atoms with Crippen LogP contribution in [0.5, 0.6) is 5.75 Å². The molecule has 0 bridgehead atoms. The van der Waals surface area contributed by atoms with Crippen LogP contribution in [0.15, 0.2) is 72.8 Å². The Labute approximate surface area is 162 Å². The summed E-state index contributed by atoms with van der Waals surface area (Å²) in [6.07, 6.45) is 0. The van der Waals surface area contributed by atoms with Crippen LogP contribution in [0.1, 0.15) is 5.56 Å². The molecule has 0 aliphatic rings. The van der Waals surface area contributed by atoms with Crippen molar-refractivity contribution in [2.24, 2.45) is 0 Å². The molecule has 1 unspecified atom stereocenters. The molecule has 0 fully saturated rings. The van der Waals surface area contributed by atoms with E-state index in [4.69, 9.17) is 4.52 Å². The molecular formula is C22H17N3O2P+. The highest BCUT2D eigenvalue weighted by molar-refractivity contribution is 7.48. The van der Waals surface area contributed by atoms with Crippen LogP contribution in [0.2, 0.25) is 0 Å². The summed E-state index contributed by atoms with van der Waals surface area (Å²) in [6, 6.07) is 23.3. The van der Waals surface area contributed by atoms with E-state index < -0.39 is 8.03 Å². The molecule has 0 saturated heterocycles. The number of aryl methyl sites for hydroxylation is 1. The monoisotopic (exact) mass is 386 g/mol. The molecule has 1 atom stereocenters. The summed E-state index contributed by atoms with van der Waals surface area (Å²) in [5.41, 5.74) is 4.64. The van der Waals surface area contributed by atoms with Gasteiger partial charge in [0.1, 0.15) is 5.69 Å². The zero-order valence-electron chi connectivity index (χ0n) is 15.1. The molecule has 3 aromatic carbocycles. The van der Waals surface area contributed by atoms with Gasteiger partial charge in [0.05, 0.1) is 11.2 Å². The smallest absolute Gasteiger partial charge is 0.353 e. The maximum absolute atomic E-state index is 12.7. The number of rotatable bonds is 4. The lowest BCUT2D eigenvalue weighted by Gasteiger charge is -1.98. The van der Waals surface area contributed by atoms with E-state index in [1.165, 1.54) is 0 Å². The van der Waals surface area contributed by atoms with E-state index in [0.717, 1.165) is 38.8 Å². The molecule has 0 radical (unpaired) electrons. The number of fused-ring (bicyclic) bond motifs is 2. The Bertz CT molecular complexity index is 1300. The zero-order valence-corrected chi connectivity index (χ0v) is 16.0. The molecule has 0 spiro atoms. The Hall–Kier alpha value is -3.43. The van der Waals surface area contributed by atoms with Crippen molar-refractivity contribution in [3.63, 3.8) is 0 Å². The number of hydrogen-bond donors (Lipinski definition) is 2. The number of nitrogens with one attached hydrogen (secondary N) is 2. The van der Waals surface area contributed by atoms with Crippen molar-refractivity contribution < 1.29 is 9.09 Å². The fourth-order valence-corrected chi connectivity index (χ4v) is 4.34. The Kier molecular flexibility index (Phi) is 3.96. The molecule has 2 aromatic heterocycles. The molecule has 6 heteroatoms. The van der Waals surface area contributed by atoms with E-state index >= 15 is 0 Å². The lowest BCUT2D eigenvalue weighted by atomic mass is 10.1. The molecule has 2 heterocycles. The number of para-hydroxylation sites is 1. The maximum atomic E-state index is 12.7. The minimum Gasteiger partial charge on any atom is -0.353 e. The van der Waals surface area contributed by atoms with Gasteiger partial charge in [0.15, 0.2) is 5.75 Å². The van der Waals surface area contributed by atoms with Crippen LogP contribution in [-0.2, 0) is 4.57 Å². The molecule has 2 N–H and O–H groups in total. The van der Waals surface area contributed by atoms with Gasteiger partial charge in [-0.1, -0.05) is 36.4 Å². The number of hydrogen-bond acceptors (Lipinski definition) is 3. The van der Waals surface area contributed by atoms with Gasteiger partial charge in [0.2, 0.25) is 5.30 Å². The Morgan fingerprint density at radius 2 is 1.75 bits per heavy atom. The van der Waals surface area contributed by atoms with Crippen molar-refractivity contribution in [3.8, 4) is 17.1 Å². The molecule has 5 rings (SSSR count).